The van der Waals surface area contributed by atoms with Crippen LogP contribution in [0.1, 0.15) is 12.8 Å². The Kier molecular flexibility index (Phi) is 2.47. The molecule has 1 aromatic rings. The standard InChI is InChI=1S/C10H10N2O4/c13-9-5-7(12(15)16)3-4-8(9)11-10(14)6-1-2-6/h3-6,13H,1-2H2,(H,11,14). The lowest BCUT2D eigenvalue weighted by Gasteiger charge is -2.05. The molecule has 0 aromatic heterocycles. The average molecular weight is 222 g/mol. The van der Waals surface area contributed by atoms with E-state index in [2.05, 4.69) is 5.32 Å². The van der Waals surface area contributed by atoms with Crippen LogP contribution in [0.25, 0.3) is 0 Å². The van der Waals surface area contributed by atoms with Gasteiger partial charge in [0.1, 0.15) is 5.75 Å². The van der Waals surface area contributed by atoms with Crippen LogP contribution >= 0.6 is 0 Å². The Balaban J connectivity index is 2.15. The molecule has 1 fully saturated rings. The number of nitro groups is 1. The normalized spacial score (nSPS) is 14.5. The van der Waals surface area contributed by atoms with E-state index in [1.165, 1.54) is 12.1 Å². The van der Waals surface area contributed by atoms with E-state index in [0.29, 0.717) is 0 Å². The second-order valence-corrected chi connectivity index (χ2v) is 3.72. The van der Waals surface area contributed by atoms with E-state index >= 15 is 0 Å². The zero-order valence-corrected chi connectivity index (χ0v) is 8.34. The highest BCUT2D eigenvalue weighted by molar-refractivity contribution is 5.95. The summed E-state index contributed by atoms with van der Waals surface area (Å²) in [5.74, 6) is -0.415. The number of hydrogen-bond acceptors (Lipinski definition) is 4. The Hall–Kier alpha value is -2.11. The van der Waals surface area contributed by atoms with Gasteiger partial charge in [0.05, 0.1) is 16.7 Å². The zero-order chi connectivity index (χ0) is 11.7. The smallest absolute Gasteiger partial charge is 0.273 e. The number of phenols is 1. The van der Waals surface area contributed by atoms with Gasteiger partial charge in [-0.2, -0.15) is 0 Å². The Labute approximate surface area is 91.0 Å². The number of carbonyl (C=O) groups is 1. The van der Waals surface area contributed by atoms with Crippen LogP contribution in [0.15, 0.2) is 18.2 Å². The molecule has 1 aromatic carbocycles. The summed E-state index contributed by atoms with van der Waals surface area (Å²) in [5.41, 5.74) is 0.00409. The number of nitrogens with zero attached hydrogens (tertiary/aromatic N) is 1. The number of phenolic OH excluding ortho intramolecular Hbond substituents is 1. The van der Waals surface area contributed by atoms with Crippen molar-refractivity contribution < 1.29 is 14.8 Å². The van der Waals surface area contributed by atoms with Crippen LogP contribution in [0.4, 0.5) is 11.4 Å². The summed E-state index contributed by atoms with van der Waals surface area (Å²) in [6, 6.07) is 3.58. The molecule has 0 spiro atoms. The first-order valence-corrected chi connectivity index (χ1v) is 4.86. The number of nitro benzene ring substituents is 1. The van der Waals surface area contributed by atoms with Crippen LogP contribution in [-0.2, 0) is 4.79 Å². The summed E-state index contributed by atoms with van der Waals surface area (Å²) < 4.78 is 0. The lowest BCUT2D eigenvalue weighted by molar-refractivity contribution is -0.384. The SMILES string of the molecule is O=C(Nc1ccc([N+](=O)[O-])cc1O)C1CC1. The molecule has 0 bridgehead atoms. The van der Waals surface area contributed by atoms with E-state index in [1.54, 1.807) is 0 Å². The summed E-state index contributed by atoms with van der Waals surface area (Å²) in [7, 11) is 0. The molecule has 0 aliphatic heterocycles. The number of carbonyl (C=O) groups excluding carboxylic acids is 1. The van der Waals surface area contributed by atoms with Crippen molar-refractivity contribution in [3.8, 4) is 5.75 Å². The minimum Gasteiger partial charge on any atom is -0.506 e. The van der Waals surface area contributed by atoms with Gasteiger partial charge in [-0.1, -0.05) is 0 Å². The maximum absolute atomic E-state index is 11.4. The topological polar surface area (TPSA) is 92.5 Å². The number of non-ortho nitro benzene ring substituents is 1. The maximum atomic E-state index is 11.4. The Morgan fingerprint density at radius 2 is 2.19 bits per heavy atom. The first-order valence-electron chi connectivity index (χ1n) is 4.86. The number of hydrogen-bond donors (Lipinski definition) is 2. The van der Waals surface area contributed by atoms with Gasteiger partial charge >= 0.3 is 0 Å². The number of benzene rings is 1. The lowest BCUT2D eigenvalue weighted by Crippen LogP contribution is -2.13. The predicted octanol–water partition coefficient (Wildman–Crippen LogP) is 1.65. The summed E-state index contributed by atoms with van der Waals surface area (Å²) >= 11 is 0. The van der Waals surface area contributed by atoms with Crippen molar-refractivity contribution in [2.24, 2.45) is 5.92 Å². The monoisotopic (exact) mass is 222 g/mol. The fraction of sp³-hybridized carbons (Fsp3) is 0.300. The molecule has 0 unspecified atom stereocenters. The molecule has 0 saturated heterocycles. The highest BCUT2D eigenvalue weighted by Crippen LogP contribution is 2.33. The molecule has 1 saturated carbocycles. The quantitative estimate of drug-likeness (QED) is 0.462. The van der Waals surface area contributed by atoms with Gasteiger partial charge in [-0.15, -0.1) is 0 Å². The molecule has 0 radical (unpaired) electrons. The van der Waals surface area contributed by atoms with Gasteiger partial charge in [-0.3, -0.25) is 14.9 Å². The van der Waals surface area contributed by atoms with E-state index in [4.69, 9.17) is 0 Å². The summed E-state index contributed by atoms with van der Waals surface area (Å²) in [5, 5.41) is 22.4. The molecule has 6 heteroatoms. The number of aromatic hydroxyl groups is 1. The predicted molar refractivity (Wildman–Crippen MR) is 56.1 cm³/mol. The maximum Gasteiger partial charge on any atom is 0.273 e. The fourth-order valence-electron chi connectivity index (χ4n) is 1.32. The molecule has 2 rings (SSSR count). The minimum atomic E-state index is -0.605. The van der Waals surface area contributed by atoms with Crippen molar-refractivity contribution in [3.05, 3.63) is 28.3 Å². The van der Waals surface area contributed by atoms with Crippen molar-refractivity contribution in [3.63, 3.8) is 0 Å². The molecule has 2 N–H and O–H groups in total. The van der Waals surface area contributed by atoms with E-state index in [1.807, 2.05) is 0 Å². The van der Waals surface area contributed by atoms with Crippen LogP contribution in [0, 0.1) is 16.0 Å². The van der Waals surface area contributed by atoms with Gasteiger partial charge in [-0.25, -0.2) is 0 Å². The van der Waals surface area contributed by atoms with Gasteiger partial charge in [-0.05, 0) is 18.9 Å². The molecule has 16 heavy (non-hydrogen) atoms. The average Bonchev–Trinajstić information content (AvgIpc) is 3.03. The zero-order valence-electron chi connectivity index (χ0n) is 8.34. The van der Waals surface area contributed by atoms with Crippen molar-refractivity contribution in [1.82, 2.24) is 0 Å². The van der Waals surface area contributed by atoms with E-state index in [9.17, 15) is 20.0 Å². The second-order valence-electron chi connectivity index (χ2n) is 3.72. The molecule has 84 valence electrons. The van der Waals surface area contributed by atoms with E-state index < -0.39 is 4.92 Å². The number of anilines is 1. The molecule has 0 heterocycles. The molecule has 6 nitrogen and oxygen atoms in total. The number of nitrogens with one attached hydrogen (secondary N) is 1. The number of amides is 1. The second kappa shape index (κ2) is 3.80. The largest absolute Gasteiger partial charge is 0.506 e. The molecule has 1 amide bonds. The van der Waals surface area contributed by atoms with Crippen LogP contribution in [-0.4, -0.2) is 15.9 Å². The lowest BCUT2D eigenvalue weighted by atomic mass is 10.2. The van der Waals surface area contributed by atoms with Crippen molar-refractivity contribution in [2.45, 2.75) is 12.8 Å². The van der Waals surface area contributed by atoms with Crippen LogP contribution in [0.5, 0.6) is 5.75 Å². The van der Waals surface area contributed by atoms with Gasteiger partial charge in [0.25, 0.3) is 5.69 Å². The fourth-order valence-corrected chi connectivity index (χ4v) is 1.32. The van der Waals surface area contributed by atoms with Crippen LogP contribution in [0.3, 0.4) is 0 Å². The van der Waals surface area contributed by atoms with Crippen molar-refractivity contribution in [1.29, 1.82) is 0 Å². The highest BCUT2D eigenvalue weighted by atomic mass is 16.6. The molecular formula is C10H10N2O4. The molecule has 1 aliphatic carbocycles. The third kappa shape index (κ3) is 2.10. The Morgan fingerprint density at radius 3 is 2.69 bits per heavy atom. The van der Waals surface area contributed by atoms with Crippen LogP contribution < -0.4 is 5.32 Å². The van der Waals surface area contributed by atoms with E-state index in [-0.39, 0.29) is 28.9 Å². The van der Waals surface area contributed by atoms with Gasteiger partial charge in [0, 0.05) is 12.0 Å². The Bertz CT molecular complexity index is 454. The third-order valence-electron chi connectivity index (χ3n) is 2.40. The summed E-state index contributed by atoms with van der Waals surface area (Å²) in [4.78, 5) is 21.2. The molecular weight excluding hydrogens is 212 g/mol. The minimum absolute atomic E-state index is 0.0228. The van der Waals surface area contributed by atoms with Crippen molar-refractivity contribution in [2.75, 3.05) is 5.32 Å². The summed E-state index contributed by atoms with van der Waals surface area (Å²) in [6.45, 7) is 0. The van der Waals surface area contributed by atoms with Gasteiger partial charge < -0.3 is 10.4 Å². The van der Waals surface area contributed by atoms with Crippen molar-refractivity contribution >= 4 is 17.3 Å². The van der Waals surface area contributed by atoms with E-state index in [0.717, 1.165) is 18.9 Å². The highest BCUT2D eigenvalue weighted by Gasteiger charge is 2.30. The molecule has 0 atom stereocenters. The number of rotatable bonds is 3. The summed E-state index contributed by atoms with van der Waals surface area (Å²) in [6.07, 6.45) is 1.72. The third-order valence-corrected chi connectivity index (χ3v) is 2.40. The van der Waals surface area contributed by atoms with Gasteiger partial charge in [0.2, 0.25) is 5.91 Å². The first-order chi connectivity index (χ1) is 7.58. The van der Waals surface area contributed by atoms with Gasteiger partial charge in [0.15, 0.2) is 0 Å². The Morgan fingerprint density at radius 1 is 1.50 bits per heavy atom. The van der Waals surface area contributed by atoms with Crippen LogP contribution in [0.2, 0.25) is 0 Å². The first kappa shape index (κ1) is 10.4. The molecule has 1 aliphatic rings.